The minimum atomic E-state index is -1.82. The standard InChI is InChI=1S/C84H138N14O16/c1-16-51(12)68(80(109)97-71-54(15)114-84(113)67(50(10)11)93-72(101)58(18-3)87-75(104)62(46-57-36-26-21-27-37-57)90-78(107)65(48(6)7)91-79(108)69(52(13)17-2)95-82(71)111)94-73(102)59(38-29-43-85)88-77(106)63-39-30-44-98(63)83(112)66(49(8)9)92-74(103)60(42-41-55-32-22-19-23-33-55)89-81(110)70(53(14)99)96-76(105)61(45-56-34-24-20-25-35-56)86-64(100)40-28-31-47(4)5/h18,21,26-27,36-37,47-56,59-63,65-71,99H,16-17,19-20,22-25,28-35,38-46,85H2,1-15H3,(H,86,100)(H,87,104)(H,88,106)(H,89,110)(H,90,107)(H,91,108)(H,92,103)(H,93,101)(H,94,102)(H,95,111)(H,96,105)(H,97,109)/b58-18-/t51-,52-,53+,54+,59-,60-,61+,62-,63+,65+,66+,67-,68+,69+,70-,71+/m0/s1. The number of nitrogens with two attached hydrogens (primary N) is 1. The lowest BCUT2D eigenvalue weighted by Gasteiger charge is -2.33. The number of nitrogens with zero attached hydrogens (tertiary/aromatic N) is 1. The quantitative estimate of drug-likeness (QED) is 0.0315. The Morgan fingerprint density at radius 1 is 0.588 bits per heavy atom. The van der Waals surface area contributed by atoms with Crippen molar-refractivity contribution in [2.45, 2.75) is 336 Å². The van der Waals surface area contributed by atoms with Crippen LogP contribution in [0.4, 0.5) is 0 Å². The number of amides is 13. The molecular formula is C84H138N14O16. The normalized spacial score (nSPS) is 23.6. The SMILES string of the molecule is C/C=C1\NC(=O)[C@H](Cc2ccccc2)NC(=O)[C@@H](C(C)C)NC(=O)[C@@H]([C@@H](C)CC)NC(=O)[C@H](NC(=O)[C@H](NC(=O)[C@H](CCCN)NC(=O)[C@H]2CCCN2C(=O)[C@H](NC(=O)[C@H](CCC2CCCCC2)NC(=O)[C@@H](NC(=O)[C@@H](CC2CCCCC2)NC(=O)CCCC(C)C)[C@@H](C)O)C(C)C)[C@@H](C)CC)[C@@H](C)OC(=O)[C@H](C(C)C)NC1=O. The van der Waals surface area contributed by atoms with Crippen molar-refractivity contribution in [2.24, 2.45) is 53.1 Å². The summed E-state index contributed by atoms with van der Waals surface area (Å²) in [5.74, 6) is -13.2. The molecule has 114 heavy (non-hydrogen) atoms. The molecule has 1 aromatic carbocycles. The van der Waals surface area contributed by atoms with Crippen LogP contribution in [-0.2, 0) is 78.3 Å². The molecule has 13 amide bonds. The molecule has 2 aliphatic carbocycles. The van der Waals surface area contributed by atoms with Crippen molar-refractivity contribution in [1.82, 2.24) is 68.7 Å². The van der Waals surface area contributed by atoms with Crippen LogP contribution in [0.2, 0.25) is 0 Å². The highest BCUT2D eigenvalue weighted by atomic mass is 16.5. The topological polar surface area (TPSA) is 442 Å². The maximum Gasteiger partial charge on any atom is 0.329 e. The number of rotatable bonds is 36. The highest BCUT2D eigenvalue weighted by Gasteiger charge is 2.45. The summed E-state index contributed by atoms with van der Waals surface area (Å²) in [5.41, 5.74) is 6.40. The Morgan fingerprint density at radius 2 is 1.17 bits per heavy atom. The monoisotopic (exact) mass is 1600 g/mol. The molecule has 4 aliphatic rings. The lowest BCUT2D eigenvalue weighted by molar-refractivity contribution is -0.157. The predicted octanol–water partition coefficient (Wildman–Crippen LogP) is 4.86. The maximum absolute atomic E-state index is 15.1. The number of likely N-dealkylation sites (tertiary alicyclic amines) is 1. The van der Waals surface area contributed by atoms with E-state index >= 15 is 14.4 Å². The second kappa shape index (κ2) is 48.1. The average molecular weight is 1600 g/mol. The summed E-state index contributed by atoms with van der Waals surface area (Å²) in [6.07, 6.45) is 12.0. The van der Waals surface area contributed by atoms with Gasteiger partial charge < -0.3 is 84.3 Å². The van der Waals surface area contributed by atoms with Gasteiger partial charge in [-0.3, -0.25) is 62.3 Å². The number of allylic oxidation sites excluding steroid dienone is 1. The van der Waals surface area contributed by atoms with Gasteiger partial charge in [-0.25, -0.2) is 4.79 Å². The van der Waals surface area contributed by atoms with Crippen LogP contribution in [0.15, 0.2) is 42.1 Å². The number of esters is 1. The molecule has 640 valence electrons. The van der Waals surface area contributed by atoms with E-state index in [0.717, 1.165) is 70.6 Å². The summed E-state index contributed by atoms with van der Waals surface area (Å²) in [6, 6.07) is -7.43. The number of aliphatic hydroxyl groups is 1. The molecule has 2 saturated carbocycles. The lowest BCUT2D eigenvalue weighted by Crippen LogP contribution is -2.64. The molecule has 30 heteroatoms. The Labute approximate surface area is 675 Å². The van der Waals surface area contributed by atoms with Crippen molar-refractivity contribution in [3.8, 4) is 0 Å². The summed E-state index contributed by atoms with van der Waals surface area (Å²) in [7, 11) is 0. The van der Waals surface area contributed by atoms with Crippen LogP contribution in [-0.4, -0.2) is 191 Å². The Kier molecular flexibility index (Phi) is 40.5. The van der Waals surface area contributed by atoms with E-state index in [1.54, 1.807) is 99.6 Å². The molecule has 0 unspecified atom stereocenters. The van der Waals surface area contributed by atoms with E-state index in [9.17, 15) is 57.8 Å². The zero-order valence-electron chi connectivity index (χ0n) is 70.4. The third kappa shape index (κ3) is 29.9. The van der Waals surface area contributed by atoms with Crippen molar-refractivity contribution in [1.29, 1.82) is 0 Å². The van der Waals surface area contributed by atoms with Gasteiger partial charge in [0.1, 0.15) is 84.3 Å². The van der Waals surface area contributed by atoms with E-state index < -0.39 is 191 Å². The minimum absolute atomic E-state index is 0.0334. The molecule has 0 spiro atoms. The van der Waals surface area contributed by atoms with Crippen LogP contribution < -0.4 is 69.5 Å². The number of carbonyl (C=O) groups is 14. The summed E-state index contributed by atoms with van der Waals surface area (Å²) >= 11 is 0. The third-order valence-electron chi connectivity index (χ3n) is 22.9. The minimum Gasteiger partial charge on any atom is -0.458 e. The van der Waals surface area contributed by atoms with E-state index in [1.165, 1.54) is 31.7 Å². The maximum atomic E-state index is 15.1. The molecule has 2 heterocycles. The first kappa shape index (κ1) is 96.0. The predicted molar refractivity (Wildman–Crippen MR) is 433 cm³/mol. The highest BCUT2D eigenvalue weighted by Crippen LogP contribution is 2.30. The van der Waals surface area contributed by atoms with Crippen LogP contribution in [0.1, 0.15) is 251 Å². The van der Waals surface area contributed by atoms with Crippen molar-refractivity contribution < 1.29 is 77.0 Å². The number of cyclic esters (lactones) is 1. The first-order valence-corrected chi connectivity index (χ1v) is 42.3. The molecule has 15 N–H and O–H groups in total. The number of ether oxygens (including phenoxy) is 1. The molecule has 0 aromatic heterocycles. The van der Waals surface area contributed by atoms with Crippen molar-refractivity contribution in [3.05, 3.63) is 47.7 Å². The molecule has 1 aromatic rings. The van der Waals surface area contributed by atoms with Crippen molar-refractivity contribution in [3.63, 3.8) is 0 Å². The van der Waals surface area contributed by atoms with Crippen molar-refractivity contribution in [2.75, 3.05) is 13.1 Å². The van der Waals surface area contributed by atoms with E-state index in [2.05, 4.69) is 77.6 Å². The van der Waals surface area contributed by atoms with Gasteiger partial charge in [0.2, 0.25) is 70.9 Å². The second-order valence-corrected chi connectivity index (χ2v) is 33.7. The second-order valence-electron chi connectivity index (χ2n) is 33.7. The van der Waals surface area contributed by atoms with Gasteiger partial charge in [-0.15, -0.1) is 0 Å². The number of carbonyl (C=O) groups excluding carboxylic acids is 14. The fraction of sp³-hybridized carbons (Fsp3) is 0.738. The van der Waals surface area contributed by atoms with Crippen LogP contribution in [0, 0.1) is 47.3 Å². The lowest BCUT2D eigenvalue weighted by atomic mass is 9.84. The summed E-state index contributed by atoms with van der Waals surface area (Å²) < 4.78 is 5.99. The zero-order valence-corrected chi connectivity index (χ0v) is 70.4. The van der Waals surface area contributed by atoms with Gasteiger partial charge in [0.25, 0.3) is 5.91 Å². The van der Waals surface area contributed by atoms with Gasteiger partial charge in [0.15, 0.2) is 0 Å². The molecule has 5 rings (SSSR count). The molecular weight excluding hydrogens is 1460 g/mol. The Morgan fingerprint density at radius 3 is 1.74 bits per heavy atom. The molecule has 2 saturated heterocycles. The van der Waals surface area contributed by atoms with Gasteiger partial charge >= 0.3 is 5.97 Å². The van der Waals surface area contributed by atoms with Gasteiger partial charge in [-0.05, 0) is 132 Å². The van der Waals surface area contributed by atoms with E-state index in [1.807, 2.05) is 0 Å². The molecule has 4 fully saturated rings. The average Bonchev–Trinajstić information content (AvgIpc) is 1.67. The fourth-order valence-electron chi connectivity index (χ4n) is 15.3. The first-order chi connectivity index (χ1) is 54.0. The summed E-state index contributed by atoms with van der Waals surface area (Å²) in [6.45, 7) is 25.4. The summed E-state index contributed by atoms with van der Waals surface area (Å²) in [4.78, 5) is 205. The van der Waals surface area contributed by atoms with Gasteiger partial charge in [-0.1, -0.05) is 203 Å². The van der Waals surface area contributed by atoms with Crippen LogP contribution >= 0.6 is 0 Å². The van der Waals surface area contributed by atoms with E-state index in [4.69, 9.17) is 10.5 Å². The van der Waals surface area contributed by atoms with Crippen molar-refractivity contribution >= 4 is 82.8 Å². The Balaban J connectivity index is 1.41. The van der Waals surface area contributed by atoms with Crippen LogP contribution in [0.25, 0.3) is 0 Å². The van der Waals surface area contributed by atoms with Crippen LogP contribution in [0.5, 0.6) is 0 Å². The third-order valence-corrected chi connectivity index (χ3v) is 22.9. The molecule has 0 radical (unpaired) electrons. The number of nitrogens with one attached hydrogen (secondary N) is 12. The Hall–Kier alpha value is -8.54. The fourth-order valence-corrected chi connectivity index (χ4v) is 15.3. The Bertz CT molecular complexity index is 3390. The highest BCUT2D eigenvalue weighted by molar-refractivity contribution is 6.03. The smallest absolute Gasteiger partial charge is 0.329 e. The van der Waals surface area contributed by atoms with Gasteiger partial charge in [0, 0.05) is 19.4 Å². The molecule has 30 nitrogen and oxygen atoms in total. The number of hydrogen-bond donors (Lipinski definition) is 14. The summed E-state index contributed by atoms with van der Waals surface area (Å²) in [5, 5.41) is 44.4. The zero-order chi connectivity index (χ0) is 84.6. The number of benzene rings is 1. The number of hydrogen-bond acceptors (Lipinski definition) is 17. The van der Waals surface area contributed by atoms with Crippen LogP contribution in [0.3, 0.4) is 0 Å². The molecule has 2 aliphatic heterocycles. The van der Waals surface area contributed by atoms with E-state index in [0.29, 0.717) is 43.6 Å². The first-order valence-electron chi connectivity index (χ1n) is 42.3. The number of aliphatic hydroxyl groups excluding tert-OH is 1. The van der Waals surface area contributed by atoms with E-state index in [-0.39, 0.29) is 81.5 Å². The largest absolute Gasteiger partial charge is 0.458 e. The molecule has 0 bridgehead atoms. The molecule has 16 atom stereocenters. The van der Waals surface area contributed by atoms with Gasteiger partial charge in [0.05, 0.1) is 6.10 Å². The van der Waals surface area contributed by atoms with Gasteiger partial charge in [-0.2, -0.15) is 0 Å².